The van der Waals surface area contributed by atoms with Crippen molar-refractivity contribution in [1.29, 1.82) is 0 Å². The molecule has 0 bridgehead atoms. The zero-order chi connectivity index (χ0) is 14.5. The third-order valence-corrected chi connectivity index (χ3v) is 4.18. The number of hydrogen-bond donors (Lipinski definition) is 1. The summed E-state index contributed by atoms with van der Waals surface area (Å²) in [5.74, 6) is 0.0803. The second-order valence-corrected chi connectivity index (χ2v) is 5.58. The second-order valence-electron chi connectivity index (χ2n) is 4.77. The molecule has 0 radical (unpaired) electrons. The fraction of sp³-hybridized carbons (Fsp3) is 0.500. The van der Waals surface area contributed by atoms with E-state index in [0.29, 0.717) is 15.7 Å². The number of nitrogens with zero attached hydrogens (tertiary/aromatic N) is 2. The summed E-state index contributed by atoms with van der Waals surface area (Å²) in [5.41, 5.74) is 0.622. The first kappa shape index (κ1) is 15.4. The molecular formula is C14H19Cl2N3O. The van der Waals surface area contributed by atoms with Crippen LogP contribution in [0.1, 0.15) is 6.92 Å². The number of piperazine rings is 1. The van der Waals surface area contributed by atoms with Gasteiger partial charge in [0.25, 0.3) is 0 Å². The summed E-state index contributed by atoms with van der Waals surface area (Å²) in [6.07, 6.45) is 0. The Morgan fingerprint density at radius 3 is 2.35 bits per heavy atom. The van der Waals surface area contributed by atoms with Crippen LogP contribution in [-0.2, 0) is 4.79 Å². The van der Waals surface area contributed by atoms with Crippen molar-refractivity contribution in [2.24, 2.45) is 0 Å². The highest BCUT2D eigenvalue weighted by atomic mass is 35.5. The molecule has 20 heavy (non-hydrogen) atoms. The number of rotatable bonds is 4. The minimum absolute atomic E-state index is 0.0803. The maximum Gasteiger partial charge on any atom is 0.241 e. The lowest BCUT2D eigenvalue weighted by Gasteiger charge is -2.34. The van der Waals surface area contributed by atoms with Crippen molar-refractivity contribution < 1.29 is 4.79 Å². The number of benzene rings is 1. The molecule has 1 aromatic rings. The highest BCUT2D eigenvalue weighted by molar-refractivity contribution is 6.39. The molecule has 0 saturated carbocycles. The molecule has 0 aromatic heterocycles. The van der Waals surface area contributed by atoms with Crippen LogP contribution in [0, 0.1) is 0 Å². The van der Waals surface area contributed by atoms with Crippen molar-refractivity contribution in [2.75, 3.05) is 44.6 Å². The molecule has 0 aliphatic carbocycles. The summed E-state index contributed by atoms with van der Waals surface area (Å²) in [7, 11) is 0. The molecule has 1 heterocycles. The summed E-state index contributed by atoms with van der Waals surface area (Å²) < 4.78 is 0. The van der Waals surface area contributed by atoms with Crippen molar-refractivity contribution in [2.45, 2.75) is 6.92 Å². The van der Waals surface area contributed by atoms with E-state index in [9.17, 15) is 4.79 Å². The minimum atomic E-state index is 0.0803. The molecule has 2 rings (SSSR count). The summed E-state index contributed by atoms with van der Waals surface area (Å²) in [4.78, 5) is 16.4. The van der Waals surface area contributed by atoms with Crippen LogP contribution < -0.4 is 5.32 Å². The molecule has 4 nitrogen and oxygen atoms in total. The molecular weight excluding hydrogens is 297 g/mol. The highest BCUT2D eigenvalue weighted by Crippen LogP contribution is 2.29. The molecule has 1 N–H and O–H groups in total. The number of carbonyl (C=O) groups is 1. The van der Waals surface area contributed by atoms with Gasteiger partial charge < -0.3 is 15.1 Å². The summed E-state index contributed by atoms with van der Waals surface area (Å²) in [5, 5.41) is 4.09. The Balaban J connectivity index is 1.87. The number of halogens is 2. The van der Waals surface area contributed by atoms with Crippen LogP contribution in [0.4, 0.5) is 5.69 Å². The Kier molecular flexibility index (Phi) is 5.52. The quantitative estimate of drug-likeness (QED) is 0.927. The number of nitrogens with one attached hydrogen (secondary N) is 1. The van der Waals surface area contributed by atoms with Crippen molar-refractivity contribution in [3.8, 4) is 0 Å². The average molecular weight is 316 g/mol. The van der Waals surface area contributed by atoms with Crippen LogP contribution in [0.2, 0.25) is 10.0 Å². The monoisotopic (exact) mass is 315 g/mol. The molecule has 1 aliphatic heterocycles. The van der Waals surface area contributed by atoms with Gasteiger partial charge in [-0.1, -0.05) is 36.2 Å². The van der Waals surface area contributed by atoms with E-state index in [1.165, 1.54) is 0 Å². The third-order valence-electron chi connectivity index (χ3n) is 3.55. The molecule has 1 fully saturated rings. The molecule has 0 unspecified atom stereocenters. The van der Waals surface area contributed by atoms with Crippen molar-refractivity contribution in [3.05, 3.63) is 28.2 Å². The van der Waals surface area contributed by atoms with Gasteiger partial charge in [-0.3, -0.25) is 4.79 Å². The Hall–Kier alpha value is -0.970. The van der Waals surface area contributed by atoms with Gasteiger partial charge in [0.2, 0.25) is 5.91 Å². The van der Waals surface area contributed by atoms with Crippen LogP contribution in [0.25, 0.3) is 0 Å². The summed E-state index contributed by atoms with van der Waals surface area (Å²) in [6.45, 7) is 6.84. The molecule has 1 aliphatic rings. The lowest BCUT2D eigenvalue weighted by Crippen LogP contribution is -2.49. The average Bonchev–Trinajstić information content (AvgIpc) is 2.46. The van der Waals surface area contributed by atoms with E-state index in [-0.39, 0.29) is 12.5 Å². The Morgan fingerprint density at radius 2 is 1.80 bits per heavy atom. The molecule has 110 valence electrons. The molecule has 0 spiro atoms. The summed E-state index contributed by atoms with van der Waals surface area (Å²) in [6, 6.07) is 5.28. The van der Waals surface area contributed by atoms with Gasteiger partial charge in [0.05, 0.1) is 22.3 Å². The largest absolute Gasteiger partial charge is 0.374 e. The maximum atomic E-state index is 12.1. The first-order valence-corrected chi connectivity index (χ1v) is 7.55. The van der Waals surface area contributed by atoms with Crippen LogP contribution in [0.15, 0.2) is 18.2 Å². The van der Waals surface area contributed by atoms with E-state index in [1.807, 2.05) is 4.90 Å². The predicted octanol–water partition coefficient (Wildman–Crippen LogP) is 2.57. The van der Waals surface area contributed by atoms with Gasteiger partial charge >= 0.3 is 0 Å². The number of likely N-dealkylation sites (N-methyl/N-ethyl adjacent to an activating group) is 1. The van der Waals surface area contributed by atoms with Gasteiger partial charge in [0.15, 0.2) is 0 Å². The van der Waals surface area contributed by atoms with Gasteiger partial charge in [-0.2, -0.15) is 0 Å². The van der Waals surface area contributed by atoms with E-state index in [1.54, 1.807) is 18.2 Å². The third kappa shape index (κ3) is 3.78. The zero-order valence-corrected chi connectivity index (χ0v) is 13.0. The van der Waals surface area contributed by atoms with Crippen molar-refractivity contribution >= 4 is 34.8 Å². The van der Waals surface area contributed by atoms with Crippen LogP contribution in [0.3, 0.4) is 0 Å². The first-order valence-electron chi connectivity index (χ1n) is 6.80. The van der Waals surface area contributed by atoms with Crippen LogP contribution in [-0.4, -0.2) is 55.0 Å². The molecule has 1 aromatic carbocycles. The number of amides is 1. The van der Waals surface area contributed by atoms with Crippen LogP contribution in [0.5, 0.6) is 0 Å². The Morgan fingerprint density at radius 1 is 1.20 bits per heavy atom. The SMILES string of the molecule is CCN1CCN(C(=O)CNc2c(Cl)cccc2Cl)CC1. The molecule has 1 saturated heterocycles. The van der Waals surface area contributed by atoms with E-state index >= 15 is 0 Å². The predicted molar refractivity (Wildman–Crippen MR) is 83.6 cm³/mol. The van der Waals surface area contributed by atoms with E-state index in [4.69, 9.17) is 23.2 Å². The fourth-order valence-electron chi connectivity index (χ4n) is 2.26. The number of anilines is 1. The molecule has 1 amide bonds. The Bertz CT molecular complexity index is 453. The van der Waals surface area contributed by atoms with Crippen molar-refractivity contribution in [1.82, 2.24) is 9.80 Å². The van der Waals surface area contributed by atoms with E-state index < -0.39 is 0 Å². The molecule has 6 heteroatoms. The first-order chi connectivity index (χ1) is 9.61. The van der Waals surface area contributed by atoms with E-state index in [0.717, 1.165) is 32.7 Å². The van der Waals surface area contributed by atoms with E-state index in [2.05, 4.69) is 17.1 Å². The normalized spacial score (nSPS) is 16.2. The smallest absolute Gasteiger partial charge is 0.241 e. The maximum absolute atomic E-state index is 12.1. The standard InChI is InChI=1S/C14H19Cl2N3O/c1-2-18-6-8-19(9-7-18)13(20)10-17-14-11(15)4-3-5-12(14)16/h3-5,17H,2,6-10H2,1H3. The molecule has 0 atom stereocenters. The fourth-order valence-corrected chi connectivity index (χ4v) is 2.79. The Labute approximate surface area is 129 Å². The van der Waals surface area contributed by atoms with Crippen molar-refractivity contribution in [3.63, 3.8) is 0 Å². The van der Waals surface area contributed by atoms with Gasteiger partial charge in [-0.25, -0.2) is 0 Å². The minimum Gasteiger partial charge on any atom is -0.374 e. The van der Waals surface area contributed by atoms with Gasteiger partial charge in [0.1, 0.15) is 0 Å². The van der Waals surface area contributed by atoms with Gasteiger partial charge in [-0.05, 0) is 18.7 Å². The topological polar surface area (TPSA) is 35.6 Å². The zero-order valence-electron chi connectivity index (χ0n) is 11.5. The number of para-hydroxylation sites is 1. The number of hydrogen-bond acceptors (Lipinski definition) is 3. The lowest BCUT2D eigenvalue weighted by atomic mass is 10.3. The highest BCUT2D eigenvalue weighted by Gasteiger charge is 2.20. The number of carbonyl (C=O) groups excluding carboxylic acids is 1. The lowest BCUT2D eigenvalue weighted by molar-refractivity contribution is -0.131. The second kappa shape index (κ2) is 7.16. The van der Waals surface area contributed by atoms with Crippen LogP contribution >= 0.6 is 23.2 Å². The van der Waals surface area contributed by atoms with Gasteiger partial charge in [0, 0.05) is 26.2 Å². The summed E-state index contributed by atoms with van der Waals surface area (Å²) >= 11 is 12.1. The van der Waals surface area contributed by atoms with Gasteiger partial charge in [-0.15, -0.1) is 0 Å².